The highest BCUT2D eigenvalue weighted by molar-refractivity contribution is 7.17. The Bertz CT molecular complexity index is 1340. The van der Waals surface area contributed by atoms with Gasteiger partial charge in [-0.2, -0.15) is 0 Å². The van der Waals surface area contributed by atoms with E-state index in [0.717, 1.165) is 11.3 Å². The molecule has 1 atom stereocenters. The zero-order chi connectivity index (χ0) is 25.3. The smallest absolute Gasteiger partial charge is 0.350 e. The van der Waals surface area contributed by atoms with E-state index in [1.54, 1.807) is 55.5 Å². The van der Waals surface area contributed by atoms with Crippen LogP contribution in [0.1, 0.15) is 32.5 Å². The van der Waals surface area contributed by atoms with Crippen LogP contribution in [0.4, 0.5) is 5.13 Å². The third-order valence-corrected chi connectivity index (χ3v) is 6.72. The number of aryl methyl sites for hydroxylation is 1. The van der Waals surface area contributed by atoms with E-state index in [0.29, 0.717) is 28.3 Å². The third-order valence-electron chi connectivity index (χ3n) is 5.58. The van der Waals surface area contributed by atoms with Gasteiger partial charge in [0.1, 0.15) is 22.1 Å². The maximum Gasteiger partial charge on any atom is 0.350 e. The Hall–Kier alpha value is -4.18. The molecule has 0 spiro atoms. The fourth-order valence-corrected chi connectivity index (χ4v) is 4.84. The first-order valence-corrected chi connectivity index (χ1v) is 11.3. The predicted molar refractivity (Wildman–Crippen MR) is 129 cm³/mol. The van der Waals surface area contributed by atoms with E-state index in [2.05, 4.69) is 4.98 Å². The van der Waals surface area contributed by atoms with Gasteiger partial charge in [-0.25, -0.2) is 9.78 Å². The van der Waals surface area contributed by atoms with Crippen molar-refractivity contribution in [3.05, 3.63) is 75.8 Å². The molecule has 0 unspecified atom stereocenters. The zero-order valence-corrected chi connectivity index (χ0v) is 20.2. The molecule has 1 fully saturated rings. The van der Waals surface area contributed by atoms with Crippen molar-refractivity contribution in [3.63, 3.8) is 0 Å². The maximum atomic E-state index is 13.3. The predicted octanol–water partition coefficient (Wildman–Crippen LogP) is 3.88. The number of ketones is 1. The van der Waals surface area contributed by atoms with Gasteiger partial charge in [0.15, 0.2) is 5.13 Å². The second-order valence-corrected chi connectivity index (χ2v) is 8.55. The summed E-state index contributed by atoms with van der Waals surface area (Å²) in [6.07, 6.45) is 0. The van der Waals surface area contributed by atoms with Crippen LogP contribution < -0.4 is 14.4 Å². The fourth-order valence-electron chi connectivity index (χ4n) is 3.82. The number of thiazole rings is 1. The number of rotatable bonds is 6. The number of benzene rings is 2. The number of hydrogen-bond donors (Lipinski definition) is 1. The number of aliphatic hydroxyl groups excluding tert-OH is 1. The van der Waals surface area contributed by atoms with Crippen molar-refractivity contribution in [1.29, 1.82) is 0 Å². The summed E-state index contributed by atoms with van der Waals surface area (Å²) in [4.78, 5) is 44.5. The Kier molecular flexibility index (Phi) is 6.57. The van der Waals surface area contributed by atoms with Crippen molar-refractivity contribution >= 4 is 39.9 Å². The molecule has 0 radical (unpaired) electrons. The lowest BCUT2D eigenvalue weighted by molar-refractivity contribution is -0.132. The largest absolute Gasteiger partial charge is 0.507 e. The average molecular weight is 495 g/mol. The Morgan fingerprint density at radius 1 is 1.03 bits per heavy atom. The number of anilines is 1. The van der Waals surface area contributed by atoms with E-state index in [-0.39, 0.29) is 21.3 Å². The SMILES string of the molecule is COC(=O)c1sc(N2C(=O)C(=O)/C(=C(/O)c3cccc(OC)c3)[C@H]2c2ccc(OC)cc2)nc1C. The second kappa shape index (κ2) is 9.59. The molecule has 4 rings (SSSR count). The van der Waals surface area contributed by atoms with E-state index in [4.69, 9.17) is 14.2 Å². The minimum absolute atomic E-state index is 0.110. The van der Waals surface area contributed by atoms with Gasteiger partial charge in [0.2, 0.25) is 0 Å². The zero-order valence-electron chi connectivity index (χ0n) is 19.4. The molecule has 0 aliphatic carbocycles. The van der Waals surface area contributed by atoms with E-state index in [9.17, 15) is 19.5 Å². The first kappa shape index (κ1) is 24.0. The Morgan fingerprint density at radius 2 is 1.71 bits per heavy atom. The highest BCUT2D eigenvalue weighted by Gasteiger charge is 2.48. The number of ether oxygens (including phenoxy) is 3. The number of hydrogen-bond acceptors (Lipinski definition) is 9. The number of nitrogens with zero attached hydrogens (tertiary/aromatic N) is 2. The third kappa shape index (κ3) is 4.24. The summed E-state index contributed by atoms with van der Waals surface area (Å²) in [5, 5.41) is 11.4. The monoisotopic (exact) mass is 494 g/mol. The van der Waals surface area contributed by atoms with Gasteiger partial charge in [-0.1, -0.05) is 35.6 Å². The molecule has 1 amide bonds. The summed E-state index contributed by atoms with van der Waals surface area (Å²) >= 11 is 0.935. The van der Waals surface area contributed by atoms with E-state index in [1.165, 1.54) is 26.2 Å². The van der Waals surface area contributed by atoms with Gasteiger partial charge in [0.05, 0.1) is 38.6 Å². The molecule has 180 valence electrons. The number of Topliss-reactive ketones (excluding diaryl/α,β-unsaturated/α-hetero) is 1. The number of aromatic nitrogens is 1. The average Bonchev–Trinajstić information content (AvgIpc) is 3.39. The van der Waals surface area contributed by atoms with Crippen molar-refractivity contribution in [2.24, 2.45) is 0 Å². The first-order valence-electron chi connectivity index (χ1n) is 10.5. The van der Waals surface area contributed by atoms with E-state index < -0.39 is 23.7 Å². The molecular formula is C25H22N2O7S. The summed E-state index contributed by atoms with van der Waals surface area (Å²) in [5.74, 6) is -1.65. The second-order valence-electron chi connectivity index (χ2n) is 7.58. The summed E-state index contributed by atoms with van der Waals surface area (Å²) in [6, 6.07) is 12.3. The normalized spacial score (nSPS) is 16.9. The standard InChI is InChI=1S/C25H22N2O7S/c1-13-22(24(31)34-4)35-25(26-13)27-19(14-8-10-16(32-2)11-9-14)18(21(29)23(27)30)20(28)15-6-5-7-17(12-15)33-3/h5-12,19,28H,1-4H3/b20-18+/t19-/m1/s1. The summed E-state index contributed by atoms with van der Waals surface area (Å²) in [7, 11) is 4.26. The van der Waals surface area contributed by atoms with Crippen LogP contribution in [0.3, 0.4) is 0 Å². The van der Waals surface area contributed by atoms with Crippen molar-refractivity contribution in [2.75, 3.05) is 26.2 Å². The highest BCUT2D eigenvalue weighted by Crippen LogP contribution is 2.44. The quantitative estimate of drug-likeness (QED) is 0.238. The van der Waals surface area contributed by atoms with Crippen LogP contribution in [0.25, 0.3) is 5.76 Å². The summed E-state index contributed by atoms with van der Waals surface area (Å²) in [5.41, 5.74) is 1.11. The molecule has 1 saturated heterocycles. The molecule has 10 heteroatoms. The lowest BCUT2D eigenvalue weighted by Crippen LogP contribution is -2.29. The van der Waals surface area contributed by atoms with E-state index in [1.807, 2.05) is 0 Å². The van der Waals surface area contributed by atoms with Crippen molar-refractivity contribution in [1.82, 2.24) is 4.98 Å². The minimum Gasteiger partial charge on any atom is -0.507 e. The lowest BCUT2D eigenvalue weighted by Gasteiger charge is -2.23. The van der Waals surface area contributed by atoms with E-state index >= 15 is 0 Å². The topological polar surface area (TPSA) is 115 Å². The fraction of sp³-hybridized carbons (Fsp3) is 0.200. The van der Waals surface area contributed by atoms with Crippen molar-refractivity contribution < 1.29 is 33.7 Å². The molecule has 3 aromatic rings. The van der Waals surface area contributed by atoms with Gasteiger partial charge >= 0.3 is 11.9 Å². The molecule has 2 aromatic carbocycles. The Labute approximate surface area is 205 Å². The number of amides is 1. The molecule has 0 bridgehead atoms. The van der Waals surface area contributed by atoms with Crippen molar-refractivity contribution in [2.45, 2.75) is 13.0 Å². The number of esters is 1. The number of carbonyl (C=O) groups is 3. The number of carbonyl (C=O) groups excluding carboxylic acids is 3. The van der Waals surface area contributed by atoms with Crippen LogP contribution in [0.5, 0.6) is 11.5 Å². The van der Waals surface area contributed by atoms with Crippen LogP contribution in [0.2, 0.25) is 0 Å². The molecule has 1 aromatic heterocycles. The molecule has 1 N–H and O–H groups in total. The highest BCUT2D eigenvalue weighted by atomic mass is 32.1. The Balaban J connectivity index is 1.93. The summed E-state index contributed by atoms with van der Waals surface area (Å²) < 4.78 is 15.3. The van der Waals surface area contributed by atoms with Gasteiger partial charge in [-0.3, -0.25) is 14.5 Å². The molecular weight excluding hydrogens is 472 g/mol. The Morgan fingerprint density at radius 3 is 2.34 bits per heavy atom. The molecule has 1 aliphatic rings. The van der Waals surface area contributed by atoms with Crippen molar-refractivity contribution in [3.8, 4) is 11.5 Å². The van der Waals surface area contributed by atoms with Gasteiger partial charge in [-0.05, 0) is 36.8 Å². The maximum absolute atomic E-state index is 13.3. The van der Waals surface area contributed by atoms with Crippen LogP contribution in [0, 0.1) is 6.92 Å². The molecule has 9 nitrogen and oxygen atoms in total. The van der Waals surface area contributed by atoms with Crippen LogP contribution in [0.15, 0.2) is 54.1 Å². The van der Waals surface area contributed by atoms with Crippen LogP contribution >= 0.6 is 11.3 Å². The van der Waals surface area contributed by atoms with Crippen LogP contribution in [-0.4, -0.2) is 49.1 Å². The number of aliphatic hydroxyl groups is 1. The molecule has 2 heterocycles. The van der Waals surface area contributed by atoms with Gasteiger partial charge < -0.3 is 19.3 Å². The first-order chi connectivity index (χ1) is 16.8. The lowest BCUT2D eigenvalue weighted by atomic mass is 9.95. The number of methoxy groups -OCH3 is 3. The molecule has 1 aliphatic heterocycles. The molecule has 0 saturated carbocycles. The van der Waals surface area contributed by atoms with Gasteiger partial charge in [0, 0.05) is 5.56 Å². The van der Waals surface area contributed by atoms with Gasteiger partial charge in [-0.15, -0.1) is 0 Å². The summed E-state index contributed by atoms with van der Waals surface area (Å²) in [6.45, 7) is 1.61. The minimum atomic E-state index is -0.997. The van der Waals surface area contributed by atoms with Crippen LogP contribution in [-0.2, 0) is 14.3 Å². The van der Waals surface area contributed by atoms with Gasteiger partial charge in [0.25, 0.3) is 5.78 Å². The molecule has 35 heavy (non-hydrogen) atoms.